The molecule has 0 amide bonds. The van der Waals surface area contributed by atoms with Crippen LogP contribution in [0.1, 0.15) is 12.5 Å². The fourth-order valence-electron chi connectivity index (χ4n) is 1.63. The van der Waals surface area contributed by atoms with E-state index in [0.717, 1.165) is 18.2 Å². The Morgan fingerprint density at radius 3 is 2.59 bits per heavy atom. The molecule has 0 saturated carbocycles. The molecule has 0 spiro atoms. The molecule has 1 nitrogen and oxygen atoms in total. The van der Waals surface area contributed by atoms with Crippen LogP contribution in [-0.4, -0.2) is 12.8 Å². The standard InChI is InChI=1S/C16H15ClF4O/c1-3-5-12(16(19,20)21)9-13(17)10-22-14-6-7-15(18)11(4-2)8-14/h3,5-9H,1,4,10H2,2H3/b12-5+,13-9+. The quantitative estimate of drug-likeness (QED) is 0.488. The summed E-state index contributed by atoms with van der Waals surface area (Å²) in [5, 5.41) is -0.132. The zero-order valence-corrected chi connectivity index (χ0v) is 12.6. The lowest BCUT2D eigenvalue weighted by molar-refractivity contribution is -0.0882. The van der Waals surface area contributed by atoms with Crippen LogP contribution in [0.4, 0.5) is 17.6 Å². The Hall–Kier alpha value is -1.75. The number of rotatable bonds is 6. The van der Waals surface area contributed by atoms with Gasteiger partial charge in [-0.3, -0.25) is 0 Å². The summed E-state index contributed by atoms with van der Waals surface area (Å²) in [6.07, 6.45) is -1.44. The predicted octanol–water partition coefficient (Wildman–Crippen LogP) is 5.56. The van der Waals surface area contributed by atoms with Crippen LogP contribution < -0.4 is 4.74 Å². The average molecular weight is 335 g/mol. The minimum absolute atomic E-state index is 0.132. The Morgan fingerprint density at radius 2 is 2.05 bits per heavy atom. The van der Waals surface area contributed by atoms with E-state index in [1.165, 1.54) is 18.2 Å². The highest BCUT2D eigenvalue weighted by Gasteiger charge is 2.31. The van der Waals surface area contributed by atoms with E-state index in [2.05, 4.69) is 6.58 Å². The van der Waals surface area contributed by atoms with Crippen molar-refractivity contribution in [2.24, 2.45) is 0 Å². The molecule has 120 valence electrons. The molecule has 22 heavy (non-hydrogen) atoms. The summed E-state index contributed by atoms with van der Waals surface area (Å²) in [5.41, 5.74) is -0.468. The van der Waals surface area contributed by atoms with Gasteiger partial charge in [-0.25, -0.2) is 4.39 Å². The Kier molecular flexibility index (Phi) is 6.68. The van der Waals surface area contributed by atoms with Crippen molar-refractivity contribution in [3.05, 3.63) is 65.0 Å². The number of halogens is 5. The maximum absolute atomic E-state index is 13.3. The van der Waals surface area contributed by atoms with E-state index >= 15 is 0 Å². The summed E-state index contributed by atoms with van der Waals surface area (Å²) >= 11 is 5.76. The monoisotopic (exact) mass is 334 g/mol. The summed E-state index contributed by atoms with van der Waals surface area (Å²) in [5.74, 6) is -0.0178. The van der Waals surface area contributed by atoms with E-state index in [9.17, 15) is 17.6 Å². The molecule has 0 saturated heterocycles. The molecule has 0 unspecified atom stereocenters. The highest BCUT2D eigenvalue weighted by Crippen LogP contribution is 2.28. The number of hydrogen-bond donors (Lipinski definition) is 0. The summed E-state index contributed by atoms with van der Waals surface area (Å²) in [6, 6.07) is 4.12. The van der Waals surface area contributed by atoms with Crippen molar-refractivity contribution in [3.63, 3.8) is 0 Å². The van der Waals surface area contributed by atoms with Crippen LogP contribution in [0.3, 0.4) is 0 Å². The fourth-order valence-corrected chi connectivity index (χ4v) is 1.80. The van der Waals surface area contributed by atoms with E-state index in [-0.39, 0.29) is 17.5 Å². The first-order valence-electron chi connectivity index (χ1n) is 6.45. The van der Waals surface area contributed by atoms with Gasteiger partial charge in [-0.2, -0.15) is 13.2 Å². The van der Waals surface area contributed by atoms with Gasteiger partial charge in [0.15, 0.2) is 0 Å². The van der Waals surface area contributed by atoms with E-state index in [1.807, 2.05) is 0 Å². The minimum atomic E-state index is -4.53. The molecule has 0 fully saturated rings. The predicted molar refractivity (Wildman–Crippen MR) is 79.5 cm³/mol. The van der Waals surface area contributed by atoms with Gasteiger partial charge in [0.05, 0.1) is 10.6 Å². The zero-order valence-electron chi connectivity index (χ0n) is 11.9. The van der Waals surface area contributed by atoms with Crippen LogP contribution in [0.15, 0.2) is 53.6 Å². The van der Waals surface area contributed by atoms with Crippen LogP contribution in [0, 0.1) is 5.82 Å². The molecule has 6 heteroatoms. The van der Waals surface area contributed by atoms with Crippen molar-refractivity contribution in [1.29, 1.82) is 0 Å². The second-order valence-corrected chi connectivity index (χ2v) is 4.83. The highest BCUT2D eigenvalue weighted by atomic mass is 35.5. The molecule has 1 aromatic rings. The molecule has 0 aliphatic rings. The van der Waals surface area contributed by atoms with Crippen molar-refractivity contribution in [2.75, 3.05) is 6.61 Å². The minimum Gasteiger partial charge on any atom is -0.488 e. The number of ether oxygens (including phenoxy) is 1. The van der Waals surface area contributed by atoms with Gasteiger partial charge < -0.3 is 4.74 Å². The largest absolute Gasteiger partial charge is 0.488 e. The van der Waals surface area contributed by atoms with Gasteiger partial charge in [-0.15, -0.1) is 0 Å². The summed E-state index contributed by atoms with van der Waals surface area (Å²) in [6.45, 7) is 4.76. The van der Waals surface area contributed by atoms with Gasteiger partial charge in [0, 0.05) is 0 Å². The molecule has 0 radical (unpaired) electrons. The maximum Gasteiger partial charge on any atom is 0.416 e. The molecule has 0 aliphatic carbocycles. The topological polar surface area (TPSA) is 9.23 Å². The van der Waals surface area contributed by atoms with Crippen LogP contribution in [0.25, 0.3) is 0 Å². The third-order valence-corrected chi connectivity index (χ3v) is 2.93. The molecule has 1 aromatic carbocycles. The normalized spacial score (nSPS) is 13.2. The number of alkyl halides is 3. The SMILES string of the molecule is C=C/C=C(\C=C(\Cl)COc1ccc(F)c(CC)c1)C(F)(F)F. The molecule has 0 aliphatic heterocycles. The maximum atomic E-state index is 13.3. The Balaban J connectivity index is 2.80. The Labute approximate surface area is 131 Å². The lowest BCUT2D eigenvalue weighted by atomic mass is 10.1. The first-order chi connectivity index (χ1) is 10.3. The second-order valence-electron chi connectivity index (χ2n) is 4.34. The van der Waals surface area contributed by atoms with Gasteiger partial charge in [-0.1, -0.05) is 37.3 Å². The van der Waals surface area contributed by atoms with Crippen LogP contribution in [-0.2, 0) is 6.42 Å². The Morgan fingerprint density at radius 1 is 1.36 bits per heavy atom. The first kappa shape index (κ1) is 18.3. The smallest absolute Gasteiger partial charge is 0.416 e. The molecule has 0 atom stereocenters. The van der Waals surface area contributed by atoms with E-state index in [4.69, 9.17) is 16.3 Å². The summed E-state index contributed by atoms with van der Waals surface area (Å²) in [7, 11) is 0. The zero-order chi connectivity index (χ0) is 16.8. The van der Waals surface area contributed by atoms with Gasteiger partial charge in [0.1, 0.15) is 18.2 Å². The van der Waals surface area contributed by atoms with E-state index < -0.39 is 11.7 Å². The molecule has 0 bridgehead atoms. The molecule has 0 N–H and O–H groups in total. The molecule has 0 heterocycles. The Bertz CT molecular complexity index is 588. The molecular weight excluding hydrogens is 320 g/mol. The molecule has 1 rings (SSSR count). The molecular formula is C16H15ClF4O. The summed E-state index contributed by atoms with van der Waals surface area (Å²) < 4.78 is 56.6. The van der Waals surface area contributed by atoms with Gasteiger partial charge in [-0.05, 0) is 36.3 Å². The van der Waals surface area contributed by atoms with Gasteiger partial charge in [0.2, 0.25) is 0 Å². The van der Waals surface area contributed by atoms with Crippen LogP contribution in [0.5, 0.6) is 5.75 Å². The number of benzene rings is 1. The fraction of sp³-hybridized carbons (Fsp3) is 0.250. The lowest BCUT2D eigenvalue weighted by Crippen LogP contribution is -2.11. The van der Waals surface area contributed by atoms with Crippen molar-refractivity contribution in [3.8, 4) is 5.75 Å². The summed E-state index contributed by atoms with van der Waals surface area (Å²) in [4.78, 5) is 0. The van der Waals surface area contributed by atoms with Crippen molar-refractivity contribution < 1.29 is 22.3 Å². The average Bonchev–Trinajstić information content (AvgIpc) is 2.45. The van der Waals surface area contributed by atoms with E-state index in [1.54, 1.807) is 6.92 Å². The number of allylic oxidation sites excluding steroid dienone is 4. The number of hydrogen-bond acceptors (Lipinski definition) is 1. The van der Waals surface area contributed by atoms with Crippen molar-refractivity contribution in [1.82, 2.24) is 0 Å². The van der Waals surface area contributed by atoms with Crippen molar-refractivity contribution in [2.45, 2.75) is 19.5 Å². The van der Waals surface area contributed by atoms with E-state index in [0.29, 0.717) is 17.7 Å². The number of aryl methyl sites for hydroxylation is 1. The molecule has 0 aromatic heterocycles. The second kappa shape index (κ2) is 8.03. The lowest BCUT2D eigenvalue weighted by Gasteiger charge is -2.10. The van der Waals surface area contributed by atoms with Crippen LogP contribution in [0.2, 0.25) is 0 Å². The van der Waals surface area contributed by atoms with Crippen molar-refractivity contribution >= 4 is 11.6 Å². The first-order valence-corrected chi connectivity index (χ1v) is 6.83. The third kappa shape index (κ3) is 5.56. The van der Waals surface area contributed by atoms with Crippen LogP contribution >= 0.6 is 11.6 Å². The third-order valence-electron chi connectivity index (χ3n) is 2.71. The highest BCUT2D eigenvalue weighted by molar-refractivity contribution is 6.30. The van der Waals surface area contributed by atoms with Gasteiger partial charge >= 0.3 is 6.18 Å². The van der Waals surface area contributed by atoms with Gasteiger partial charge in [0.25, 0.3) is 0 Å².